The lowest BCUT2D eigenvalue weighted by Gasteiger charge is -2.08. The summed E-state index contributed by atoms with van der Waals surface area (Å²) in [6, 6.07) is 0. The van der Waals surface area contributed by atoms with E-state index in [4.69, 9.17) is 16.7 Å². The maximum atomic E-state index is 12.4. The average Bonchev–Trinajstić information content (AvgIpc) is 2.16. The van der Waals surface area contributed by atoms with Crippen LogP contribution in [-0.2, 0) is 12.5 Å². The molecule has 0 spiro atoms. The molecule has 3 nitrogen and oxygen atoms in total. The topological polar surface area (TPSA) is 53.1 Å². The third-order valence-corrected chi connectivity index (χ3v) is 2.14. The van der Waals surface area contributed by atoms with Gasteiger partial charge in [0, 0.05) is 12.1 Å². The van der Waals surface area contributed by atoms with E-state index in [1.165, 1.54) is 6.20 Å². The van der Waals surface area contributed by atoms with E-state index in [0.29, 0.717) is 5.56 Å². The Hall–Kier alpha value is -0.940. The van der Waals surface area contributed by atoms with Crippen LogP contribution in [0.3, 0.4) is 0 Å². The average molecular weight is 224 g/mol. The molecule has 0 aromatic carbocycles. The molecule has 0 atom stereocenters. The Bertz CT molecular complexity index is 378. The summed E-state index contributed by atoms with van der Waals surface area (Å²) in [5, 5.41) is 8.86. The van der Waals surface area contributed by atoms with Gasteiger partial charge in [0.25, 0.3) is 12.0 Å². The number of hydrogen-bond donors (Lipinski definition) is 2. The molecule has 2 N–H and O–H groups in total. The second-order valence-corrected chi connectivity index (χ2v) is 2.89. The summed E-state index contributed by atoms with van der Waals surface area (Å²) >= 11 is 5.46. The minimum atomic E-state index is -2.91. The van der Waals surface area contributed by atoms with Crippen LogP contribution in [0.4, 0.5) is 8.78 Å². The Kier molecular flexibility index (Phi) is 3.60. The highest BCUT2D eigenvalue weighted by atomic mass is 35.5. The Morgan fingerprint density at radius 1 is 1.57 bits per heavy atom. The van der Waals surface area contributed by atoms with Crippen molar-refractivity contribution < 1.29 is 13.9 Å². The molecular formula is C8H8ClF2NO2. The van der Waals surface area contributed by atoms with E-state index in [1.807, 2.05) is 0 Å². The van der Waals surface area contributed by atoms with Gasteiger partial charge in [-0.3, -0.25) is 4.79 Å². The van der Waals surface area contributed by atoms with Crippen LogP contribution >= 0.6 is 11.6 Å². The van der Waals surface area contributed by atoms with E-state index in [-0.39, 0.29) is 11.4 Å². The zero-order valence-electron chi connectivity index (χ0n) is 7.06. The lowest BCUT2D eigenvalue weighted by molar-refractivity contribution is 0.145. The molecule has 0 amide bonds. The molecule has 6 heteroatoms. The lowest BCUT2D eigenvalue weighted by atomic mass is 10.1. The first kappa shape index (κ1) is 11.1. The number of aromatic amines is 1. The molecule has 0 radical (unpaired) electrons. The first-order chi connectivity index (χ1) is 6.61. The molecular weight excluding hydrogens is 216 g/mol. The Morgan fingerprint density at radius 3 is 2.64 bits per heavy atom. The summed E-state index contributed by atoms with van der Waals surface area (Å²) in [5.41, 5.74) is -1.37. The zero-order valence-corrected chi connectivity index (χ0v) is 7.81. The number of nitrogens with one attached hydrogen (secondary N) is 1. The van der Waals surface area contributed by atoms with Crippen LogP contribution in [0.2, 0.25) is 0 Å². The van der Waals surface area contributed by atoms with Crippen molar-refractivity contribution in [3.8, 4) is 0 Å². The van der Waals surface area contributed by atoms with E-state index in [1.54, 1.807) is 0 Å². The Morgan fingerprint density at radius 2 is 2.21 bits per heavy atom. The number of H-pyrrole nitrogens is 1. The fourth-order valence-electron chi connectivity index (χ4n) is 1.16. The second-order valence-electron chi connectivity index (χ2n) is 2.63. The molecule has 1 aromatic rings. The normalized spacial score (nSPS) is 10.9. The lowest BCUT2D eigenvalue weighted by Crippen LogP contribution is -2.17. The largest absolute Gasteiger partial charge is 0.392 e. The van der Waals surface area contributed by atoms with Crippen molar-refractivity contribution in [2.24, 2.45) is 0 Å². The molecule has 0 bridgehead atoms. The third-order valence-electron chi connectivity index (χ3n) is 1.86. The number of aliphatic hydroxyl groups is 1. The molecule has 1 heterocycles. The SMILES string of the molecule is O=c1[nH]cc(CCl)c(CO)c1C(F)F. The maximum absolute atomic E-state index is 12.4. The van der Waals surface area contributed by atoms with E-state index in [2.05, 4.69) is 4.98 Å². The van der Waals surface area contributed by atoms with Crippen LogP contribution in [0, 0.1) is 0 Å². The quantitative estimate of drug-likeness (QED) is 0.764. The van der Waals surface area contributed by atoms with Gasteiger partial charge in [-0.25, -0.2) is 8.78 Å². The van der Waals surface area contributed by atoms with Gasteiger partial charge in [-0.15, -0.1) is 11.6 Å². The van der Waals surface area contributed by atoms with E-state index < -0.39 is 24.2 Å². The van der Waals surface area contributed by atoms with Gasteiger partial charge in [0.2, 0.25) is 0 Å². The molecule has 0 unspecified atom stereocenters. The first-order valence-electron chi connectivity index (χ1n) is 3.80. The fraction of sp³-hybridized carbons (Fsp3) is 0.375. The van der Waals surface area contributed by atoms with Crippen molar-refractivity contribution in [3.05, 3.63) is 33.2 Å². The van der Waals surface area contributed by atoms with Gasteiger partial charge in [0.05, 0.1) is 12.2 Å². The van der Waals surface area contributed by atoms with Crippen LogP contribution < -0.4 is 5.56 Å². The molecule has 0 saturated heterocycles. The van der Waals surface area contributed by atoms with Gasteiger partial charge < -0.3 is 10.1 Å². The van der Waals surface area contributed by atoms with Gasteiger partial charge in [0.1, 0.15) is 0 Å². The van der Waals surface area contributed by atoms with Gasteiger partial charge in [-0.1, -0.05) is 0 Å². The zero-order chi connectivity index (χ0) is 10.7. The van der Waals surface area contributed by atoms with Crippen molar-refractivity contribution in [1.29, 1.82) is 0 Å². The fourth-order valence-corrected chi connectivity index (χ4v) is 1.40. The van der Waals surface area contributed by atoms with Gasteiger partial charge in [-0.05, 0) is 11.1 Å². The van der Waals surface area contributed by atoms with Gasteiger partial charge >= 0.3 is 0 Å². The van der Waals surface area contributed by atoms with E-state index in [0.717, 1.165) is 0 Å². The van der Waals surface area contributed by atoms with Crippen LogP contribution in [-0.4, -0.2) is 10.1 Å². The van der Waals surface area contributed by atoms with Crippen molar-refractivity contribution >= 4 is 11.6 Å². The molecule has 0 aliphatic carbocycles. The minimum Gasteiger partial charge on any atom is -0.392 e. The predicted octanol–water partition coefficient (Wildman–Crippen LogP) is 1.54. The monoisotopic (exact) mass is 223 g/mol. The number of halogens is 3. The summed E-state index contributed by atoms with van der Waals surface area (Å²) in [4.78, 5) is 13.2. The second kappa shape index (κ2) is 4.52. The standard InChI is InChI=1S/C8H8ClF2NO2/c9-1-4-2-12-8(14)6(7(10)11)5(4)3-13/h2,7,13H,1,3H2,(H,12,14). The highest BCUT2D eigenvalue weighted by molar-refractivity contribution is 6.17. The number of rotatable bonds is 3. The molecule has 14 heavy (non-hydrogen) atoms. The van der Waals surface area contributed by atoms with Crippen molar-refractivity contribution in [3.63, 3.8) is 0 Å². The summed E-state index contributed by atoms with van der Waals surface area (Å²) < 4.78 is 24.8. The Balaban J connectivity index is 3.43. The summed E-state index contributed by atoms with van der Waals surface area (Å²) in [7, 11) is 0. The molecule has 78 valence electrons. The highest BCUT2D eigenvalue weighted by Crippen LogP contribution is 2.22. The summed E-state index contributed by atoms with van der Waals surface area (Å²) in [5.74, 6) is -0.0353. The predicted molar refractivity (Wildman–Crippen MR) is 47.5 cm³/mol. The number of aliphatic hydroxyl groups excluding tert-OH is 1. The van der Waals surface area contributed by atoms with Crippen molar-refractivity contribution in [2.45, 2.75) is 18.9 Å². The number of hydrogen-bond acceptors (Lipinski definition) is 2. The molecule has 0 saturated carbocycles. The van der Waals surface area contributed by atoms with E-state index in [9.17, 15) is 13.6 Å². The maximum Gasteiger partial charge on any atom is 0.269 e. The van der Waals surface area contributed by atoms with Crippen LogP contribution in [0.25, 0.3) is 0 Å². The summed E-state index contributed by atoms with van der Waals surface area (Å²) in [6.45, 7) is -0.619. The smallest absolute Gasteiger partial charge is 0.269 e. The number of pyridine rings is 1. The van der Waals surface area contributed by atoms with Crippen LogP contribution in [0.5, 0.6) is 0 Å². The number of aromatic nitrogens is 1. The molecule has 1 aromatic heterocycles. The van der Waals surface area contributed by atoms with E-state index >= 15 is 0 Å². The molecule has 0 aliphatic rings. The minimum absolute atomic E-state index is 0.0353. The van der Waals surface area contributed by atoms with Crippen LogP contribution in [0.1, 0.15) is 23.1 Å². The number of alkyl halides is 3. The van der Waals surface area contributed by atoms with Crippen molar-refractivity contribution in [2.75, 3.05) is 0 Å². The van der Waals surface area contributed by atoms with Crippen LogP contribution in [0.15, 0.2) is 11.0 Å². The molecule has 0 aliphatic heterocycles. The molecule has 1 rings (SSSR count). The first-order valence-corrected chi connectivity index (χ1v) is 4.33. The summed E-state index contributed by atoms with van der Waals surface area (Å²) in [6.07, 6.45) is -1.68. The third kappa shape index (κ3) is 1.93. The van der Waals surface area contributed by atoms with Crippen molar-refractivity contribution in [1.82, 2.24) is 4.98 Å². The van der Waals surface area contributed by atoms with Gasteiger partial charge in [-0.2, -0.15) is 0 Å². The molecule has 0 fully saturated rings. The Labute approximate surface area is 83.3 Å². The highest BCUT2D eigenvalue weighted by Gasteiger charge is 2.19. The van der Waals surface area contributed by atoms with Gasteiger partial charge in [0.15, 0.2) is 0 Å².